The molecule has 0 saturated carbocycles. The summed E-state index contributed by atoms with van der Waals surface area (Å²) < 4.78 is 14.8. The first kappa shape index (κ1) is 23.5. The second-order valence-electron chi connectivity index (χ2n) is 8.40. The van der Waals surface area contributed by atoms with Gasteiger partial charge >= 0.3 is 0 Å². The fraction of sp³-hybridized carbons (Fsp3) is 0.292. The number of para-hydroxylation sites is 1. The lowest BCUT2D eigenvalue weighted by atomic mass is 9.92. The molecule has 8 heteroatoms. The van der Waals surface area contributed by atoms with Crippen molar-refractivity contribution < 1.29 is 14.0 Å². The summed E-state index contributed by atoms with van der Waals surface area (Å²) in [6.45, 7) is 8.01. The van der Waals surface area contributed by atoms with Crippen molar-refractivity contribution in [2.45, 2.75) is 33.1 Å². The molecule has 2 aromatic carbocycles. The lowest BCUT2D eigenvalue weighted by Crippen LogP contribution is -2.38. The number of amides is 2. The third-order valence-corrected chi connectivity index (χ3v) is 5.24. The molecule has 0 atom stereocenters. The first-order valence-corrected chi connectivity index (χ1v) is 10.7. The van der Waals surface area contributed by atoms with Crippen molar-refractivity contribution in [2.75, 3.05) is 18.4 Å². The third-order valence-electron chi connectivity index (χ3n) is 4.92. The monoisotopic (exact) mass is 456 g/mol. The topological polar surface area (TPSA) is 67.2 Å². The highest BCUT2D eigenvalue weighted by atomic mass is 35.5. The molecule has 168 valence electrons. The van der Waals surface area contributed by atoms with E-state index in [1.165, 1.54) is 29.2 Å². The Bertz CT molecular complexity index is 1120. The predicted octanol–water partition coefficient (Wildman–Crippen LogP) is 5.06. The highest BCUT2D eigenvalue weighted by molar-refractivity contribution is 6.32. The number of aromatic nitrogens is 2. The van der Waals surface area contributed by atoms with Gasteiger partial charge in [-0.15, -0.1) is 0 Å². The SMILES string of the molecule is CCN(CC(=O)Nc1cc(C(C)(C)C)nn1-c1ccccc1Cl)C(=O)c1ccc(F)cc1. The predicted molar refractivity (Wildman–Crippen MR) is 124 cm³/mol. The summed E-state index contributed by atoms with van der Waals surface area (Å²) in [6, 6.07) is 14.3. The summed E-state index contributed by atoms with van der Waals surface area (Å²) in [5.41, 5.74) is 1.48. The molecule has 0 saturated heterocycles. The van der Waals surface area contributed by atoms with E-state index in [0.717, 1.165) is 5.69 Å². The minimum Gasteiger partial charge on any atom is -0.330 e. The first-order chi connectivity index (χ1) is 15.1. The lowest BCUT2D eigenvalue weighted by molar-refractivity contribution is -0.116. The Labute approximate surface area is 192 Å². The van der Waals surface area contributed by atoms with Crippen LogP contribution in [0.4, 0.5) is 10.2 Å². The van der Waals surface area contributed by atoms with Gasteiger partial charge in [-0.25, -0.2) is 9.07 Å². The number of hydrogen-bond acceptors (Lipinski definition) is 3. The number of carbonyl (C=O) groups excluding carboxylic acids is 2. The van der Waals surface area contributed by atoms with E-state index in [4.69, 9.17) is 11.6 Å². The van der Waals surface area contributed by atoms with Crippen molar-refractivity contribution in [1.82, 2.24) is 14.7 Å². The third kappa shape index (κ3) is 5.34. The van der Waals surface area contributed by atoms with Crippen molar-refractivity contribution in [2.24, 2.45) is 0 Å². The molecule has 0 aliphatic heterocycles. The van der Waals surface area contributed by atoms with Gasteiger partial charge in [-0.1, -0.05) is 44.5 Å². The molecule has 0 aliphatic rings. The number of nitrogens with one attached hydrogen (secondary N) is 1. The number of rotatable bonds is 6. The van der Waals surface area contributed by atoms with E-state index in [1.807, 2.05) is 39.0 Å². The Kier molecular flexibility index (Phi) is 6.99. The summed E-state index contributed by atoms with van der Waals surface area (Å²) in [5, 5.41) is 8.01. The van der Waals surface area contributed by atoms with Gasteiger partial charge < -0.3 is 10.2 Å². The standard InChI is InChI=1S/C24H26ClFN4O2/c1-5-29(23(32)16-10-12-17(26)13-11-16)15-22(31)27-21-14-20(24(2,3)4)28-30(21)19-9-7-6-8-18(19)25/h6-14H,5,15H2,1-4H3,(H,27,31). The number of carbonyl (C=O) groups is 2. The fourth-order valence-corrected chi connectivity index (χ4v) is 3.32. The maximum Gasteiger partial charge on any atom is 0.254 e. The molecule has 0 radical (unpaired) electrons. The average molecular weight is 457 g/mol. The van der Waals surface area contributed by atoms with E-state index >= 15 is 0 Å². The molecule has 0 fully saturated rings. The molecule has 0 bridgehead atoms. The van der Waals surface area contributed by atoms with Crippen molar-refractivity contribution in [1.29, 1.82) is 0 Å². The van der Waals surface area contributed by atoms with Crippen LogP contribution in [0.15, 0.2) is 54.6 Å². The van der Waals surface area contributed by atoms with Crippen LogP contribution in [0.5, 0.6) is 0 Å². The largest absolute Gasteiger partial charge is 0.330 e. The van der Waals surface area contributed by atoms with Gasteiger partial charge in [-0.3, -0.25) is 9.59 Å². The molecular weight excluding hydrogens is 431 g/mol. The van der Waals surface area contributed by atoms with E-state index in [2.05, 4.69) is 10.4 Å². The van der Waals surface area contributed by atoms with E-state index < -0.39 is 5.82 Å². The van der Waals surface area contributed by atoms with Crippen LogP contribution in [0.25, 0.3) is 5.69 Å². The Balaban J connectivity index is 1.84. The van der Waals surface area contributed by atoms with Crippen LogP contribution in [-0.2, 0) is 10.2 Å². The van der Waals surface area contributed by atoms with Crippen LogP contribution < -0.4 is 5.32 Å². The minimum atomic E-state index is -0.426. The average Bonchev–Trinajstić information content (AvgIpc) is 3.16. The molecule has 1 heterocycles. The van der Waals surface area contributed by atoms with Gasteiger partial charge in [0, 0.05) is 23.6 Å². The molecule has 0 aliphatic carbocycles. The molecule has 0 spiro atoms. The second-order valence-corrected chi connectivity index (χ2v) is 8.81. The van der Waals surface area contributed by atoms with Crippen molar-refractivity contribution >= 4 is 29.2 Å². The molecule has 1 N–H and O–H groups in total. The first-order valence-electron chi connectivity index (χ1n) is 10.3. The number of nitrogens with zero attached hydrogens (tertiary/aromatic N) is 3. The van der Waals surface area contributed by atoms with Gasteiger partial charge in [0.25, 0.3) is 5.91 Å². The van der Waals surface area contributed by atoms with Crippen molar-refractivity contribution in [3.05, 3.63) is 76.7 Å². The van der Waals surface area contributed by atoms with Gasteiger partial charge in [0.2, 0.25) is 5.91 Å². The van der Waals surface area contributed by atoms with Gasteiger partial charge in [-0.2, -0.15) is 5.10 Å². The highest BCUT2D eigenvalue weighted by Crippen LogP contribution is 2.29. The summed E-state index contributed by atoms with van der Waals surface area (Å²) in [7, 11) is 0. The Morgan fingerprint density at radius 3 is 2.38 bits per heavy atom. The van der Waals surface area contributed by atoms with Crippen LogP contribution in [-0.4, -0.2) is 39.6 Å². The van der Waals surface area contributed by atoms with Gasteiger partial charge in [-0.05, 0) is 43.3 Å². The lowest BCUT2D eigenvalue weighted by Gasteiger charge is -2.20. The minimum absolute atomic E-state index is 0.161. The number of benzene rings is 2. The zero-order valence-corrected chi connectivity index (χ0v) is 19.3. The van der Waals surface area contributed by atoms with E-state index in [1.54, 1.807) is 23.7 Å². The molecule has 6 nitrogen and oxygen atoms in total. The zero-order chi connectivity index (χ0) is 23.5. The van der Waals surface area contributed by atoms with Gasteiger partial charge in [0.1, 0.15) is 18.2 Å². The maximum absolute atomic E-state index is 13.2. The van der Waals surface area contributed by atoms with Crippen LogP contribution >= 0.6 is 11.6 Å². The smallest absolute Gasteiger partial charge is 0.254 e. The van der Waals surface area contributed by atoms with E-state index in [-0.39, 0.29) is 23.8 Å². The van der Waals surface area contributed by atoms with Crippen LogP contribution in [0.1, 0.15) is 43.7 Å². The summed E-state index contributed by atoms with van der Waals surface area (Å²) in [6.07, 6.45) is 0. The van der Waals surface area contributed by atoms with E-state index in [0.29, 0.717) is 28.6 Å². The Morgan fingerprint density at radius 1 is 1.12 bits per heavy atom. The summed E-state index contributed by atoms with van der Waals surface area (Å²) >= 11 is 6.36. The number of halogens is 2. The summed E-state index contributed by atoms with van der Waals surface area (Å²) in [5.74, 6) is -0.697. The molecule has 3 rings (SSSR count). The highest BCUT2D eigenvalue weighted by Gasteiger charge is 2.23. The van der Waals surface area contributed by atoms with Crippen LogP contribution in [0.3, 0.4) is 0 Å². The van der Waals surface area contributed by atoms with E-state index in [9.17, 15) is 14.0 Å². The normalized spacial score (nSPS) is 11.3. The Hall–Kier alpha value is -3.19. The summed E-state index contributed by atoms with van der Waals surface area (Å²) in [4.78, 5) is 27.0. The molecule has 3 aromatic rings. The second kappa shape index (κ2) is 9.53. The number of likely N-dealkylation sites (N-methyl/N-ethyl adjacent to an activating group) is 1. The maximum atomic E-state index is 13.2. The zero-order valence-electron chi connectivity index (χ0n) is 18.5. The molecule has 32 heavy (non-hydrogen) atoms. The quantitative estimate of drug-likeness (QED) is 0.563. The number of hydrogen-bond donors (Lipinski definition) is 1. The molecular formula is C24H26ClFN4O2. The van der Waals surface area contributed by atoms with Gasteiger partial charge in [0.05, 0.1) is 16.4 Å². The van der Waals surface area contributed by atoms with Crippen molar-refractivity contribution in [3.8, 4) is 5.69 Å². The van der Waals surface area contributed by atoms with Crippen LogP contribution in [0, 0.1) is 5.82 Å². The van der Waals surface area contributed by atoms with Gasteiger partial charge in [0.15, 0.2) is 0 Å². The van der Waals surface area contributed by atoms with Crippen LogP contribution in [0.2, 0.25) is 5.02 Å². The fourth-order valence-electron chi connectivity index (χ4n) is 3.10. The van der Waals surface area contributed by atoms with Crippen molar-refractivity contribution in [3.63, 3.8) is 0 Å². The Morgan fingerprint density at radius 2 is 1.78 bits per heavy atom. The molecule has 1 aromatic heterocycles. The molecule has 0 unspecified atom stereocenters. The molecule has 2 amide bonds. The number of anilines is 1.